The summed E-state index contributed by atoms with van der Waals surface area (Å²) in [5.74, 6) is -1.13. The maximum Gasteiger partial charge on any atom is 0.419 e. The molecule has 6 nitrogen and oxygen atoms in total. The SMILES string of the molecule is CCCCCCCCOc1ccc(-c2cnc([C@@](C)(N)CC(=O)O)[nH]2)cc1C(F)(F)F. The van der Waals surface area contributed by atoms with E-state index in [-0.39, 0.29) is 30.2 Å². The van der Waals surface area contributed by atoms with E-state index in [4.69, 9.17) is 15.6 Å². The van der Waals surface area contributed by atoms with Gasteiger partial charge in [-0.1, -0.05) is 39.0 Å². The largest absolute Gasteiger partial charge is 0.493 e. The van der Waals surface area contributed by atoms with Crippen molar-refractivity contribution >= 4 is 5.97 Å². The van der Waals surface area contributed by atoms with Crippen molar-refractivity contribution < 1.29 is 27.8 Å². The number of hydrogen-bond acceptors (Lipinski definition) is 4. The summed E-state index contributed by atoms with van der Waals surface area (Å²) in [5, 5.41) is 8.97. The number of ether oxygens (including phenoxy) is 1. The predicted octanol–water partition coefficient (Wildman–Crippen LogP) is 5.48. The van der Waals surface area contributed by atoms with Crippen LogP contribution in [0.25, 0.3) is 11.3 Å². The van der Waals surface area contributed by atoms with Crippen LogP contribution in [0.3, 0.4) is 0 Å². The van der Waals surface area contributed by atoms with Gasteiger partial charge in [0, 0.05) is 5.56 Å². The summed E-state index contributed by atoms with van der Waals surface area (Å²) in [6.07, 6.45) is 2.48. The number of aromatic amines is 1. The molecule has 0 radical (unpaired) electrons. The average molecular weight is 441 g/mol. The molecule has 172 valence electrons. The topological polar surface area (TPSA) is 101 Å². The smallest absolute Gasteiger partial charge is 0.419 e. The lowest BCUT2D eigenvalue weighted by molar-refractivity contribution is -0.139. The Morgan fingerprint density at radius 1 is 1.19 bits per heavy atom. The van der Waals surface area contributed by atoms with Gasteiger partial charge in [0.25, 0.3) is 0 Å². The van der Waals surface area contributed by atoms with Crippen LogP contribution in [0.2, 0.25) is 0 Å². The number of aliphatic carboxylic acids is 1. The third kappa shape index (κ3) is 7.27. The van der Waals surface area contributed by atoms with Crippen molar-refractivity contribution in [1.29, 1.82) is 0 Å². The highest BCUT2D eigenvalue weighted by atomic mass is 19.4. The first-order valence-corrected chi connectivity index (χ1v) is 10.4. The fourth-order valence-electron chi connectivity index (χ4n) is 3.27. The minimum absolute atomic E-state index is 0.182. The summed E-state index contributed by atoms with van der Waals surface area (Å²) >= 11 is 0. The number of halogens is 3. The maximum atomic E-state index is 13.6. The molecule has 0 bridgehead atoms. The quantitative estimate of drug-likeness (QED) is 0.379. The molecule has 0 aliphatic carbocycles. The van der Waals surface area contributed by atoms with Gasteiger partial charge in [-0.05, 0) is 31.5 Å². The molecule has 0 saturated carbocycles. The van der Waals surface area contributed by atoms with Crippen LogP contribution < -0.4 is 10.5 Å². The second-order valence-electron chi connectivity index (χ2n) is 7.96. The number of hydrogen-bond donors (Lipinski definition) is 3. The van der Waals surface area contributed by atoms with Crippen LogP contribution in [0, 0.1) is 0 Å². The number of nitrogens with zero attached hydrogens (tertiary/aromatic N) is 1. The summed E-state index contributed by atoms with van der Waals surface area (Å²) < 4.78 is 46.3. The van der Waals surface area contributed by atoms with Gasteiger partial charge in [-0.15, -0.1) is 0 Å². The fourth-order valence-corrected chi connectivity index (χ4v) is 3.27. The summed E-state index contributed by atoms with van der Waals surface area (Å²) in [4.78, 5) is 17.9. The van der Waals surface area contributed by atoms with Gasteiger partial charge in [0.2, 0.25) is 0 Å². The molecule has 0 aliphatic heterocycles. The van der Waals surface area contributed by atoms with Gasteiger partial charge in [0.05, 0.1) is 36.0 Å². The van der Waals surface area contributed by atoms with Gasteiger partial charge in [-0.25, -0.2) is 4.98 Å². The number of benzene rings is 1. The molecule has 0 fully saturated rings. The number of H-pyrrole nitrogens is 1. The Morgan fingerprint density at radius 2 is 1.87 bits per heavy atom. The van der Waals surface area contributed by atoms with E-state index in [1.807, 2.05) is 0 Å². The molecule has 0 spiro atoms. The summed E-state index contributed by atoms with van der Waals surface area (Å²) in [6, 6.07) is 3.81. The van der Waals surface area contributed by atoms with Crippen molar-refractivity contribution in [3.8, 4) is 17.0 Å². The van der Waals surface area contributed by atoms with Gasteiger partial charge in [-0.2, -0.15) is 13.2 Å². The number of carbonyl (C=O) groups is 1. The van der Waals surface area contributed by atoms with Crippen LogP contribution in [0.1, 0.15) is 70.2 Å². The molecule has 0 unspecified atom stereocenters. The first kappa shape index (κ1) is 24.7. The third-order valence-electron chi connectivity index (χ3n) is 4.99. The van der Waals surface area contributed by atoms with Gasteiger partial charge in [0.15, 0.2) is 0 Å². The molecule has 2 aromatic rings. The Labute approximate surface area is 180 Å². The first-order valence-electron chi connectivity index (χ1n) is 10.4. The minimum atomic E-state index is -4.58. The predicted molar refractivity (Wildman–Crippen MR) is 112 cm³/mol. The summed E-state index contributed by atoms with van der Waals surface area (Å²) in [5.41, 5.74) is 4.40. The zero-order valence-corrected chi connectivity index (χ0v) is 17.9. The average Bonchev–Trinajstić information content (AvgIpc) is 3.17. The lowest BCUT2D eigenvalue weighted by Crippen LogP contribution is -2.36. The lowest BCUT2D eigenvalue weighted by Gasteiger charge is -2.19. The number of nitrogens with two attached hydrogens (primary N) is 1. The van der Waals surface area contributed by atoms with Crippen molar-refractivity contribution in [2.24, 2.45) is 5.73 Å². The second kappa shape index (κ2) is 10.7. The standard InChI is InChI=1S/C22H30F3N3O3/c1-3-4-5-6-7-8-11-31-18-10-9-15(12-16(18)22(23,24)25)17-14-27-20(28-17)21(2,26)13-19(29)30/h9-10,12,14H,3-8,11,13,26H2,1-2H3,(H,27,28)(H,29,30)/t21-/m0/s1. The lowest BCUT2D eigenvalue weighted by atomic mass is 9.99. The number of carboxylic acids is 1. The van der Waals surface area contributed by atoms with Crippen LogP contribution in [0.15, 0.2) is 24.4 Å². The summed E-state index contributed by atoms with van der Waals surface area (Å²) in [6.45, 7) is 3.84. The van der Waals surface area contributed by atoms with Crippen LogP contribution in [0.5, 0.6) is 5.75 Å². The molecule has 31 heavy (non-hydrogen) atoms. The molecule has 0 amide bonds. The molecule has 9 heteroatoms. The molecule has 1 aromatic heterocycles. The Balaban J connectivity index is 2.14. The van der Waals surface area contributed by atoms with Crippen LogP contribution in [0.4, 0.5) is 13.2 Å². The first-order chi connectivity index (χ1) is 14.5. The Kier molecular flexibility index (Phi) is 8.50. The van der Waals surface area contributed by atoms with E-state index < -0.39 is 23.2 Å². The number of alkyl halides is 3. The number of unbranched alkanes of at least 4 members (excludes halogenated alkanes) is 5. The van der Waals surface area contributed by atoms with Crippen LogP contribution in [-0.4, -0.2) is 27.7 Å². The number of nitrogens with one attached hydrogen (secondary N) is 1. The number of imidazole rings is 1. The molecular weight excluding hydrogens is 411 g/mol. The second-order valence-corrected chi connectivity index (χ2v) is 7.96. The Morgan fingerprint density at radius 3 is 2.52 bits per heavy atom. The Bertz CT molecular complexity index is 863. The molecule has 1 aromatic carbocycles. The highest BCUT2D eigenvalue weighted by Gasteiger charge is 2.35. The molecule has 1 atom stereocenters. The van der Waals surface area contributed by atoms with E-state index in [0.717, 1.165) is 38.2 Å². The van der Waals surface area contributed by atoms with E-state index in [2.05, 4.69) is 16.9 Å². The van der Waals surface area contributed by atoms with Crippen LogP contribution >= 0.6 is 0 Å². The monoisotopic (exact) mass is 441 g/mol. The third-order valence-corrected chi connectivity index (χ3v) is 4.99. The van der Waals surface area contributed by atoms with E-state index in [1.54, 1.807) is 0 Å². The van der Waals surface area contributed by atoms with Crippen LogP contribution in [-0.2, 0) is 16.5 Å². The van der Waals surface area contributed by atoms with Crippen molar-refractivity contribution in [3.63, 3.8) is 0 Å². The maximum absolute atomic E-state index is 13.6. The van der Waals surface area contributed by atoms with Crippen molar-refractivity contribution in [1.82, 2.24) is 9.97 Å². The molecule has 0 saturated heterocycles. The zero-order chi connectivity index (χ0) is 23.1. The van der Waals surface area contributed by atoms with E-state index in [0.29, 0.717) is 12.1 Å². The van der Waals surface area contributed by atoms with E-state index >= 15 is 0 Å². The normalized spacial score (nSPS) is 13.7. The fraction of sp³-hybridized carbons (Fsp3) is 0.545. The van der Waals surface area contributed by atoms with Crippen molar-refractivity contribution in [3.05, 3.63) is 35.8 Å². The van der Waals surface area contributed by atoms with Gasteiger partial charge < -0.3 is 20.6 Å². The molecule has 2 rings (SSSR count). The van der Waals surface area contributed by atoms with Gasteiger partial charge in [0.1, 0.15) is 11.6 Å². The number of carboxylic acid groups (broad SMARTS) is 1. The molecule has 4 N–H and O–H groups in total. The highest BCUT2D eigenvalue weighted by Crippen LogP contribution is 2.39. The number of aromatic nitrogens is 2. The van der Waals surface area contributed by atoms with Gasteiger partial charge >= 0.3 is 12.1 Å². The highest BCUT2D eigenvalue weighted by molar-refractivity contribution is 5.68. The van der Waals surface area contributed by atoms with Gasteiger partial charge in [-0.3, -0.25) is 4.79 Å². The molecular formula is C22H30F3N3O3. The zero-order valence-electron chi connectivity index (χ0n) is 17.9. The minimum Gasteiger partial charge on any atom is -0.493 e. The van der Waals surface area contributed by atoms with Crippen molar-refractivity contribution in [2.75, 3.05) is 6.61 Å². The molecule has 1 heterocycles. The van der Waals surface area contributed by atoms with E-state index in [9.17, 15) is 18.0 Å². The number of rotatable bonds is 12. The Hall–Kier alpha value is -2.55. The molecule has 0 aliphatic rings. The van der Waals surface area contributed by atoms with Crippen molar-refractivity contribution in [2.45, 2.75) is 70.5 Å². The van der Waals surface area contributed by atoms with E-state index in [1.165, 1.54) is 25.3 Å². The summed E-state index contributed by atoms with van der Waals surface area (Å²) in [7, 11) is 0.